The number of carbonyl (C=O) groups excluding carboxylic acids is 3. The Morgan fingerprint density at radius 2 is 1.66 bits per heavy atom. The summed E-state index contributed by atoms with van der Waals surface area (Å²) in [4.78, 5) is 59.7. The molecule has 17 nitrogen and oxygen atoms in total. The van der Waals surface area contributed by atoms with E-state index in [2.05, 4.69) is 50.2 Å². The van der Waals surface area contributed by atoms with Crippen molar-refractivity contribution in [3.8, 4) is 23.0 Å². The van der Waals surface area contributed by atoms with E-state index in [0.717, 1.165) is 155 Å². The summed E-state index contributed by atoms with van der Waals surface area (Å²) in [5, 5.41) is 19.6. The van der Waals surface area contributed by atoms with Crippen molar-refractivity contribution in [3.63, 3.8) is 0 Å². The highest BCUT2D eigenvalue weighted by Gasteiger charge is 2.45. The minimum atomic E-state index is -0.452. The Kier molecular flexibility index (Phi) is 16.1. The molecule has 0 saturated carbocycles. The van der Waals surface area contributed by atoms with E-state index in [4.69, 9.17) is 29.2 Å². The van der Waals surface area contributed by atoms with Crippen molar-refractivity contribution in [3.05, 3.63) is 58.7 Å². The Balaban J connectivity index is 0.000000169. The Morgan fingerprint density at radius 3 is 2.41 bits per heavy atom. The maximum Gasteiger partial charge on any atom is 0.409 e. The van der Waals surface area contributed by atoms with Crippen LogP contribution in [0.1, 0.15) is 151 Å². The predicted octanol–water partition coefficient (Wildman–Crippen LogP) is 9.73. The molecule has 8 aliphatic rings. The number of nitrogens with zero attached hydrogens (tertiary/aromatic N) is 9. The number of anilines is 2. The van der Waals surface area contributed by atoms with Gasteiger partial charge in [-0.15, -0.1) is 0 Å². The number of aromatic hydroxyl groups is 1. The summed E-state index contributed by atoms with van der Waals surface area (Å²) < 4.78 is 36.2. The molecule has 0 spiro atoms. The smallest absolute Gasteiger partial charge is 0.409 e. The quantitative estimate of drug-likeness (QED) is 0.133. The van der Waals surface area contributed by atoms with Gasteiger partial charge in [-0.2, -0.15) is 15.1 Å². The van der Waals surface area contributed by atoms with Crippen molar-refractivity contribution in [2.75, 3.05) is 82.5 Å². The fourth-order valence-corrected chi connectivity index (χ4v) is 14.9. The van der Waals surface area contributed by atoms with Crippen molar-refractivity contribution >= 4 is 51.2 Å². The number of amides is 3. The first-order valence-electron chi connectivity index (χ1n) is 29.3. The van der Waals surface area contributed by atoms with Crippen LogP contribution in [0.15, 0.2) is 30.3 Å². The molecule has 18 heteroatoms. The number of phenols is 1. The number of nitrogens with one attached hydrogen (secondary N) is 1. The van der Waals surface area contributed by atoms with Crippen molar-refractivity contribution < 1.29 is 38.1 Å². The van der Waals surface area contributed by atoms with Gasteiger partial charge in [0, 0.05) is 69.4 Å². The summed E-state index contributed by atoms with van der Waals surface area (Å²) in [6, 6.07) is 10.3. The Bertz CT molecular complexity index is 3070. The number of aromatic nitrogens is 5. The lowest BCUT2D eigenvalue weighted by atomic mass is 9.78. The number of methoxy groups -OCH3 is 1. The Morgan fingerprint density at radius 1 is 0.886 bits per heavy atom. The fourth-order valence-electron chi connectivity index (χ4n) is 14.9. The second-order valence-corrected chi connectivity index (χ2v) is 23.6. The molecule has 2 unspecified atom stereocenters. The van der Waals surface area contributed by atoms with Crippen LogP contribution in [0, 0.1) is 17.7 Å². The van der Waals surface area contributed by atoms with E-state index in [1.807, 2.05) is 22.7 Å². The van der Waals surface area contributed by atoms with E-state index in [1.165, 1.54) is 44.9 Å². The van der Waals surface area contributed by atoms with Gasteiger partial charge in [0.25, 0.3) is 0 Å². The molecular formula is C61H81FN10O7. The highest BCUT2D eigenvalue weighted by atomic mass is 19.1. The molecule has 10 heterocycles. The number of halogens is 1. The average Bonchev–Trinajstić information content (AvgIpc) is 4.15. The van der Waals surface area contributed by atoms with E-state index < -0.39 is 5.82 Å². The highest BCUT2D eigenvalue weighted by Crippen LogP contribution is 2.46. The molecule has 3 aromatic heterocycles. The van der Waals surface area contributed by atoms with Gasteiger partial charge in [-0.3, -0.25) is 24.5 Å². The normalized spacial score (nSPS) is 23.4. The zero-order chi connectivity index (χ0) is 53.7. The summed E-state index contributed by atoms with van der Waals surface area (Å²) in [7, 11) is 3.37. The van der Waals surface area contributed by atoms with Gasteiger partial charge in [0.15, 0.2) is 5.82 Å². The van der Waals surface area contributed by atoms with Crippen LogP contribution in [0.5, 0.6) is 11.8 Å². The van der Waals surface area contributed by atoms with Crippen molar-refractivity contribution in [2.24, 2.45) is 18.9 Å². The average molecular weight is 1090 g/mol. The molecule has 2 aromatic carbocycles. The van der Waals surface area contributed by atoms with Crippen LogP contribution in [0.4, 0.5) is 20.7 Å². The minimum absolute atomic E-state index is 0. The number of fused-ring (bicyclic) bond motifs is 5. The molecule has 0 bridgehead atoms. The van der Waals surface area contributed by atoms with Gasteiger partial charge in [0.05, 0.1) is 53.5 Å². The lowest BCUT2D eigenvalue weighted by Gasteiger charge is -2.37. The molecule has 7 aliphatic heterocycles. The first kappa shape index (κ1) is 54.8. The second kappa shape index (κ2) is 23.1. The van der Waals surface area contributed by atoms with Gasteiger partial charge in [-0.25, -0.2) is 14.2 Å². The van der Waals surface area contributed by atoms with Crippen molar-refractivity contribution in [2.45, 2.75) is 153 Å². The highest BCUT2D eigenvalue weighted by molar-refractivity contribution is 6.03. The number of benzene rings is 2. The molecule has 6 saturated heterocycles. The number of carbonyl (C=O) groups is 3. The molecule has 1 aliphatic carbocycles. The molecule has 13 rings (SSSR count). The summed E-state index contributed by atoms with van der Waals surface area (Å²) in [6.07, 6.45) is 17.4. The van der Waals surface area contributed by atoms with Gasteiger partial charge in [-0.1, -0.05) is 14.4 Å². The number of rotatable bonds is 9. The fraction of sp³-hybridized carbons (Fsp3) is 0.623. The molecule has 3 atom stereocenters. The molecule has 79 heavy (non-hydrogen) atoms. The lowest BCUT2D eigenvalue weighted by Crippen LogP contribution is -2.43. The number of imide groups is 1. The van der Waals surface area contributed by atoms with Gasteiger partial charge in [-0.05, 0) is 181 Å². The first-order valence-corrected chi connectivity index (χ1v) is 29.3. The Hall–Kier alpha value is -6.14. The molecule has 5 aromatic rings. The molecule has 6 fully saturated rings. The van der Waals surface area contributed by atoms with Crippen molar-refractivity contribution in [1.29, 1.82) is 0 Å². The molecule has 424 valence electrons. The predicted molar refractivity (Wildman–Crippen MR) is 302 cm³/mol. The van der Waals surface area contributed by atoms with E-state index >= 15 is 4.39 Å². The van der Waals surface area contributed by atoms with Crippen LogP contribution in [0.3, 0.4) is 0 Å². The lowest BCUT2D eigenvalue weighted by molar-refractivity contribution is -0.134. The van der Waals surface area contributed by atoms with Crippen LogP contribution >= 0.6 is 0 Å². The van der Waals surface area contributed by atoms with Gasteiger partial charge >= 0.3 is 12.1 Å². The van der Waals surface area contributed by atoms with Gasteiger partial charge in [0.2, 0.25) is 11.8 Å². The van der Waals surface area contributed by atoms with Crippen LogP contribution < -0.4 is 19.9 Å². The number of phenolic OH excluding ortho intramolecular Hbond substituents is 1. The first-order chi connectivity index (χ1) is 38.0. The SMILES string of the molecule is C.CC[C@@H]1CCCc2cc(O)cc(-c3nc4c5c(nc(OCC67CCCN6CCC7)nc5c3F)N3CCCOCC3CC4)c21.COC(=O)N1CCC(CC2CCN(c3ccc4c(C5CCC(=O)NC5=O)nn(C)c4c3)CC2)CC1. The number of aryl methyl sites for hydroxylation is 3. The van der Waals surface area contributed by atoms with Crippen molar-refractivity contribution in [1.82, 2.24) is 39.8 Å². The summed E-state index contributed by atoms with van der Waals surface area (Å²) in [5.74, 6) is 1.34. The van der Waals surface area contributed by atoms with Crippen LogP contribution in [0.2, 0.25) is 0 Å². The maximum atomic E-state index is 17.0. The van der Waals surface area contributed by atoms with Crippen LogP contribution in [-0.2, 0) is 39.0 Å². The number of piperidine rings is 3. The number of hydrogen-bond acceptors (Lipinski definition) is 14. The summed E-state index contributed by atoms with van der Waals surface area (Å²) >= 11 is 0. The third-order valence-electron chi connectivity index (χ3n) is 19.1. The van der Waals surface area contributed by atoms with E-state index in [1.54, 1.807) is 6.07 Å². The third kappa shape index (κ3) is 10.7. The number of hydrogen-bond donors (Lipinski definition) is 2. The van der Waals surface area contributed by atoms with E-state index in [9.17, 15) is 19.5 Å². The molecule has 3 amide bonds. The monoisotopic (exact) mass is 1080 g/mol. The largest absolute Gasteiger partial charge is 0.508 e. The topological polar surface area (TPSA) is 181 Å². The molecule has 0 radical (unpaired) electrons. The van der Waals surface area contributed by atoms with Crippen LogP contribution in [-0.4, -0.2) is 142 Å². The molecule has 2 N–H and O–H groups in total. The van der Waals surface area contributed by atoms with Gasteiger partial charge < -0.3 is 34.0 Å². The summed E-state index contributed by atoms with van der Waals surface area (Å²) in [5.41, 5.74) is 7.33. The van der Waals surface area contributed by atoms with E-state index in [0.29, 0.717) is 61.9 Å². The number of ether oxygens (including phenoxy) is 3. The summed E-state index contributed by atoms with van der Waals surface area (Å²) in [6.45, 7) is 10.7. The van der Waals surface area contributed by atoms with E-state index in [-0.39, 0.29) is 65.8 Å². The molecular weight excluding hydrogens is 1000 g/mol. The second-order valence-electron chi connectivity index (χ2n) is 23.6. The Labute approximate surface area is 463 Å². The number of pyridine rings is 1. The van der Waals surface area contributed by atoms with Gasteiger partial charge in [0.1, 0.15) is 29.4 Å². The third-order valence-corrected chi connectivity index (χ3v) is 19.1. The van der Waals surface area contributed by atoms with Crippen LogP contribution in [0.25, 0.3) is 33.1 Å². The minimum Gasteiger partial charge on any atom is -0.508 e. The zero-order valence-electron chi connectivity index (χ0n) is 45.9. The zero-order valence-corrected chi connectivity index (χ0v) is 45.9. The number of likely N-dealkylation sites (tertiary alicyclic amines) is 1. The standard InChI is InChI=1S/C34H42FN5O3.C26H35N5O4.CH4/c1-2-21-7-3-8-22-17-24(41)18-25(27(21)22)30-29(35)31-28-26(36-30)10-9-23-19-42-16-6-15-40(23)32(28)38-33(37-31)43-20-34-11-4-13-39(34)14-5-12-34;1-29-22-16-19(3-4-20(22)24(28-29)21-5-6-23(32)27-25(21)33)30-11-7-17(8-12-30)15-18-9-13-31(14-10-18)26(34)35-2;/h17-18,21,23,41H,2-16,19-20H2,1H3;3-4,16-18,21H,5-15H2,1-2H3,(H,27,32,33);1H4/t21-,23?;;/m1../s1. The maximum absolute atomic E-state index is 17.0.